The lowest BCUT2D eigenvalue weighted by Gasteiger charge is -2.11. The Bertz CT molecular complexity index is 591. The molecule has 2 aromatic rings. The lowest BCUT2D eigenvalue weighted by atomic mass is 10.0. The number of ether oxygens (including phenoxy) is 2. The van der Waals surface area contributed by atoms with E-state index in [0.717, 1.165) is 17.7 Å². The largest absolute Gasteiger partial charge is 0.497 e. The maximum absolute atomic E-state index is 14.1. The number of nitrogens with one attached hydrogen (secondary N) is 1. The van der Waals surface area contributed by atoms with E-state index in [9.17, 15) is 4.39 Å². The zero-order valence-electron chi connectivity index (χ0n) is 12.6. The summed E-state index contributed by atoms with van der Waals surface area (Å²) in [6, 6.07) is 10.5. The minimum atomic E-state index is -0.259. The van der Waals surface area contributed by atoms with Crippen molar-refractivity contribution in [2.75, 3.05) is 20.8 Å². The Hall–Kier alpha value is -2.07. The number of benzene rings is 2. The van der Waals surface area contributed by atoms with Gasteiger partial charge in [-0.25, -0.2) is 4.39 Å². The molecule has 0 saturated carbocycles. The number of halogens is 1. The average Bonchev–Trinajstić information content (AvgIpc) is 2.53. The molecule has 2 aromatic carbocycles. The molecule has 0 bridgehead atoms. The molecule has 0 saturated heterocycles. The van der Waals surface area contributed by atoms with Crippen molar-refractivity contribution in [2.45, 2.75) is 13.5 Å². The molecule has 21 heavy (non-hydrogen) atoms. The summed E-state index contributed by atoms with van der Waals surface area (Å²) >= 11 is 0. The second kappa shape index (κ2) is 7.09. The fourth-order valence-electron chi connectivity index (χ4n) is 2.14. The highest BCUT2D eigenvalue weighted by molar-refractivity contribution is 5.68. The van der Waals surface area contributed by atoms with Crippen molar-refractivity contribution in [1.82, 2.24) is 5.32 Å². The smallest absolute Gasteiger partial charge is 0.131 e. The van der Waals surface area contributed by atoms with Crippen LogP contribution in [-0.4, -0.2) is 20.8 Å². The van der Waals surface area contributed by atoms with Crippen molar-refractivity contribution < 1.29 is 13.9 Å². The number of methoxy groups -OCH3 is 2. The summed E-state index contributed by atoms with van der Waals surface area (Å²) in [4.78, 5) is 0. The van der Waals surface area contributed by atoms with Crippen LogP contribution in [0.25, 0.3) is 11.1 Å². The van der Waals surface area contributed by atoms with Gasteiger partial charge in [-0.3, -0.25) is 0 Å². The fourth-order valence-corrected chi connectivity index (χ4v) is 2.14. The highest BCUT2D eigenvalue weighted by Gasteiger charge is 2.10. The van der Waals surface area contributed by atoms with Gasteiger partial charge in [0.25, 0.3) is 0 Å². The van der Waals surface area contributed by atoms with Crippen LogP contribution in [-0.2, 0) is 6.54 Å². The van der Waals surface area contributed by atoms with E-state index in [0.29, 0.717) is 23.6 Å². The summed E-state index contributed by atoms with van der Waals surface area (Å²) in [5, 5.41) is 3.24. The first-order valence-electron chi connectivity index (χ1n) is 6.90. The van der Waals surface area contributed by atoms with Gasteiger partial charge in [-0.15, -0.1) is 0 Å². The summed E-state index contributed by atoms with van der Waals surface area (Å²) in [5.41, 5.74) is 2.32. The van der Waals surface area contributed by atoms with Gasteiger partial charge in [0.15, 0.2) is 0 Å². The Labute approximate surface area is 124 Å². The molecule has 0 aliphatic heterocycles. The summed E-state index contributed by atoms with van der Waals surface area (Å²) in [6.45, 7) is 3.63. The van der Waals surface area contributed by atoms with E-state index in [-0.39, 0.29) is 5.82 Å². The Kier molecular flexibility index (Phi) is 5.17. The van der Waals surface area contributed by atoms with E-state index in [1.54, 1.807) is 38.5 Å². The molecule has 0 spiro atoms. The lowest BCUT2D eigenvalue weighted by Crippen LogP contribution is -2.11. The zero-order valence-corrected chi connectivity index (χ0v) is 12.6. The van der Waals surface area contributed by atoms with Crippen molar-refractivity contribution in [2.24, 2.45) is 0 Å². The van der Waals surface area contributed by atoms with Crippen LogP contribution in [0.1, 0.15) is 12.5 Å². The first-order valence-corrected chi connectivity index (χ1v) is 6.90. The fraction of sp³-hybridized carbons (Fsp3) is 0.294. The monoisotopic (exact) mass is 289 g/mol. The Morgan fingerprint density at radius 3 is 2.24 bits per heavy atom. The molecule has 0 radical (unpaired) electrons. The summed E-state index contributed by atoms with van der Waals surface area (Å²) in [7, 11) is 3.16. The first kappa shape index (κ1) is 15.3. The van der Waals surface area contributed by atoms with Crippen LogP contribution < -0.4 is 14.8 Å². The maximum atomic E-state index is 14.1. The molecule has 0 amide bonds. The second-order valence-electron chi connectivity index (χ2n) is 4.70. The normalized spacial score (nSPS) is 10.5. The quantitative estimate of drug-likeness (QED) is 0.881. The van der Waals surface area contributed by atoms with Gasteiger partial charge < -0.3 is 14.8 Å². The number of hydrogen-bond donors (Lipinski definition) is 1. The molecule has 0 unspecified atom stereocenters. The molecule has 2 rings (SSSR count). The van der Waals surface area contributed by atoms with E-state index in [2.05, 4.69) is 5.32 Å². The van der Waals surface area contributed by atoms with Crippen molar-refractivity contribution in [1.29, 1.82) is 0 Å². The zero-order chi connectivity index (χ0) is 15.2. The molecule has 4 heteroatoms. The van der Waals surface area contributed by atoms with E-state index in [4.69, 9.17) is 9.47 Å². The average molecular weight is 289 g/mol. The van der Waals surface area contributed by atoms with Crippen molar-refractivity contribution in [3.8, 4) is 22.6 Å². The van der Waals surface area contributed by atoms with Crippen LogP contribution in [0, 0.1) is 5.82 Å². The van der Waals surface area contributed by atoms with Gasteiger partial charge in [-0.05, 0) is 41.9 Å². The van der Waals surface area contributed by atoms with E-state index in [1.165, 1.54) is 6.07 Å². The van der Waals surface area contributed by atoms with Gasteiger partial charge in [-0.2, -0.15) is 0 Å². The predicted octanol–water partition coefficient (Wildman–Crippen LogP) is 3.62. The first-order chi connectivity index (χ1) is 10.2. The third kappa shape index (κ3) is 3.73. The molecule has 0 fully saturated rings. The molecular weight excluding hydrogens is 269 g/mol. The van der Waals surface area contributed by atoms with Gasteiger partial charge in [-0.1, -0.05) is 13.0 Å². The predicted molar refractivity (Wildman–Crippen MR) is 82.3 cm³/mol. The minimum Gasteiger partial charge on any atom is -0.497 e. The van der Waals surface area contributed by atoms with Crippen LogP contribution in [0.5, 0.6) is 11.5 Å². The SMILES string of the molecule is CCNCc1ccc(F)c(-c2cc(OC)cc(OC)c2)c1. The highest BCUT2D eigenvalue weighted by atomic mass is 19.1. The van der Waals surface area contributed by atoms with Gasteiger partial charge in [0.05, 0.1) is 14.2 Å². The van der Waals surface area contributed by atoms with Gasteiger partial charge in [0, 0.05) is 18.2 Å². The van der Waals surface area contributed by atoms with E-state index < -0.39 is 0 Å². The molecule has 0 aromatic heterocycles. The van der Waals surface area contributed by atoms with E-state index >= 15 is 0 Å². The maximum Gasteiger partial charge on any atom is 0.131 e. The summed E-state index contributed by atoms with van der Waals surface area (Å²) < 4.78 is 24.6. The molecule has 0 aliphatic rings. The third-order valence-electron chi connectivity index (χ3n) is 3.27. The van der Waals surface area contributed by atoms with Crippen molar-refractivity contribution in [3.63, 3.8) is 0 Å². The molecule has 0 aliphatic carbocycles. The van der Waals surface area contributed by atoms with Crippen LogP contribution in [0.4, 0.5) is 4.39 Å². The minimum absolute atomic E-state index is 0.259. The number of rotatable bonds is 6. The molecule has 112 valence electrons. The Balaban J connectivity index is 2.44. The van der Waals surface area contributed by atoms with Crippen molar-refractivity contribution >= 4 is 0 Å². The Morgan fingerprint density at radius 2 is 1.67 bits per heavy atom. The van der Waals surface area contributed by atoms with Crippen molar-refractivity contribution in [3.05, 3.63) is 47.8 Å². The summed E-state index contributed by atoms with van der Waals surface area (Å²) in [5.74, 6) is 1.02. The summed E-state index contributed by atoms with van der Waals surface area (Å²) in [6.07, 6.45) is 0. The standard InChI is InChI=1S/C17H20FNO2/c1-4-19-11-12-5-6-17(18)16(7-12)13-8-14(20-2)10-15(9-13)21-3/h5-10,19H,4,11H2,1-3H3. The highest BCUT2D eigenvalue weighted by Crippen LogP contribution is 2.31. The third-order valence-corrected chi connectivity index (χ3v) is 3.27. The second-order valence-corrected chi connectivity index (χ2v) is 4.70. The van der Waals surface area contributed by atoms with Gasteiger partial charge in [0.1, 0.15) is 17.3 Å². The Morgan fingerprint density at radius 1 is 1.00 bits per heavy atom. The molecule has 3 nitrogen and oxygen atoms in total. The van der Waals surface area contributed by atoms with Crippen LogP contribution >= 0.6 is 0 Å². The molecule has 0 heterocycles. The van der Waals surface area contributed by atoms with Gasteiger partial charge in [0.2, 0.25) is 0 Å². The van der Waals surface area contributed by atoms with Crippen LogP contribution in [0.2, 0.25) is 0 Å². The van der Waals surface area contributed by atoms with Gasteiger partial charge >= 0.3 is 0 Å². The molecule has 1 N–H and O–H groups in total. The van der Waals surface area contributed by atoms with Crippen LogP contribution in [0.3, 0.4) is 0 Å². The molecular formula is C17H20FNO2. The van der Waals surface area contributed by atoms with Crippen LogP contribution in [0.15, 0.2) is 36.4 Å². The number of hydrogen-bond acceptors (Lipinski definition) is 3. The lowest BCUT2D eigenvalue weighted by molar-refractivity contribution is 0.394. The topological polar surface area (TPSA) is 30.5 Å². The molecule has 0 atom stereocenters. The van der Waals surface area contributed by atoms with E-state index in [1.807, 2.05) is 13.0 Å².